The Bertz CT molecular complexity index is 964. The predicted molar refractivity (Wildman–Crippen MR) is 205 cm³/mol. The van der Waals surface area contributed by atoms with Crippen molar-refractivity contribution in [2.45, 2.75) is 168 Å². The summed E-state index contributed by atoms with van der Waals surface area (Å²) in [6.45, 7) is 2.97. The molecule has 53 heavy (non-hydrogen) atoms. The molecule has 20 heteroatoms. The molecule has 3 heterocycles. The van der Waals surface area contributed by atoms with Crippen molar-refractivity contribution in [3.8, 4) is 0 Å². The fourth-order valence-corrected chi connectivity index (χ4v) is 13.9. The Labute approximate surface area is 323 Å². The molecule has 3 fully saturated rings. The smallest absolute Gasteiger partial charge is 0.187 e. The van der Waals surface area contributed by atoms with Crippen molar-refractivity contribution in [1.29, 1.82) is 0 Å². The van der Waals surface area contributed by atoms with E-state index in [1.165, 1.54) is 49.2 Å². The molecule has 3 rings (SSSR count). The summed E-state index contributed by atoms with van der Waals surface area (Å²) in [6.07, 6.45) is -18.0. The van der Waals surface area contributed by atoms with Crippen LogP contribution in [0.5, 0.6) is 0 Å². The second kappa shape index (κ2) is 25.7. The molecule has 3 aliphatic rings. The first-order valence-electron chi connectivity index (χ1n) is 19.5. The van der Waals surface area contributed by atoms with E-state index in [0.717, 1.165) is 12.2 Å². The number of hydrogen-bond acceptors (Lipinski definition) is 17. The quantitative estimate of drug-likeness (QED) is 0.0318. The van der Waals surface area contributed by atoms with Crippen LogP contribution in [0.4, 0.5) is 0 Å². The van der Waals surface area contributed by atoms with E-state index in [4.69, 9.17) is 28.4 Å². The fraction of sp³-hybridized carbons (Fsp3) is 1.00. The lowest BCUT2D eigenvalue weighted by Crippen LogP contribution is -2.66. The van der Waals surface area contributed by atoms with Gasteiger partial charge in [0.05, 0.1) is 19.8 Å². The van der Waals surface area contributed by atoms with Crippen LogP contribution in [0.1, 0.15) is 32.1 Å². The van der Waals surface area contributed by atoms with Gasteiger partial charge in [0.25, 0.3) is 0 Å². The minimum Gasteiger partial charge on any atom is -0.394 e. The van der Waals surface area contributed by atoms with Gasteiger partial charge in [0, 0.05) is 34.4 Å². The van der Waals surface area contributed by atoms with Gasteiger partial charge in [-0.1, -0.05) is 56.2 Å². The predicted octanol–water partition coefficient (Wildman–Crippen LogP) is -3.37. The number of unbranched alkanes of at least 4 members (excludes halogenated alkanes) is 1. The first-order chi connectivity index (χ1) is 25.4. The van der Waals surface area contributed by atoms with E-state index in [1.807, 2.05) is 11.8 Å². The highest BCUT2D eigenvalue weighted by Crippen LogP contribution is 2.32. The van der Waals surface area contributed by atoms with Crippen LogP contribution in [0, 0.1) is 0 Å². The Morgan fingerprint density at radius 2 is 1.00 bits per heavy atom. The van der Waals surface area contributed by atoms with E-state index in [-0.39, 0.29) is 34.4 Å². The molecule has 3 saturated heterocycles. The summed E-state index contributed by atoms with van der Waals surface area (Å²) in [5.41, 5.74) is 0. The Hall–Kier alpha value is 0.361. The van der Waals surface area contributed by atoms with Crippen LogP contribution in [0.3, 0.4) is 0 Å². The van der Waals surface area contributed by atoms with Crippen LogP contribution in [0.2, 0.25) is 43.3 Å². The van der Waals surface area contributed by atoms with Crippen molar-refractivity contribution in [1.82, 2.24) is 0 Å². The second-order valence-electron chi connectivity index (χ2n) is 14.9. The monoisotopic (exact) mass is 836 g/mol. The second-order valence-corrected chi connectivity index (χ2v) is 23.7. The average molecular weight is 837 g/mol. The van der Waals surface area contributed by atoms with E-state index in [1.54, 1.807) is 6.04 Å². The lowest BCUT2D eigenvalue weighted by molar-refractivity contribution is -0.379. The number of aliphatic hydroxyl groups is 10. The molecule has 0 bridgehead atoms. The molecule has 0 radical (unpaired) electrons. The lowest BCUT2D eigenvalue weighted by Gasteiger charge is -2.48. The van der Waals surface area contributed by atoms with Gasteiger partial charge in [-0.05, 0) is 30.8 Å². The molecule has 0 aliphatic carbocycles. The Morgan fingerprint density at radius 1 is 0.528 bits per heavy atom. The van der Waals surface area contributed by atoms with Gasteiger partial charge in [-0.3, -0.25) is 0 Å². The molecule has 16 nitrogen and oxygen atoms in total. The number of ether oxygens (including phenoxy) is 6. The third-order valence-corrected chi connectivity index (χ3v) is 16.8. The molecule has 0 saturated carbocycles. The maximum atomic E-state index is 10.9. The normalized spacial score (nSPS) is 38.5. The molecule has 0 aromatic heterocycles. The average Bonchev–Trinajstić information content (AvgIpc) is 3.14. The van der Waals surface area contributed by atoms with E-state index in [2.05, 4.69) is 13.1 Å². The van der Waals surface area contributed by atoms with Crippen molar-refractivity contribution in [2.75, 3.05) is 37.9 Å². The Morgan fingerprint density at radius 3 is 1.57 bits per heavy atom. The summed E-state index contributed by atoms with van der Waals surface area (Å²) in [7, 11) is -0.0748. The summed E-state index contributed by atoms with van der Waals surface area (Å²) >= 11 is 1.94. The summed E-state index contributed by atoms with van der Waals surface area (Å²) in [4.78, 5) is 0. The van der Waals surface area contributed by atoms with Crippen molar-refractivity contribution in [3.05, 3.63) is 0 Å². The first kappa shape index (κ1) is 47.7. The maximum absolute atomic E-state index is 10.9. The number of thioether (sulfide) groups is 1. The summed E-state index contributed by atoms with van der Waals surface area (Å²) in [5.74, 6) is 2.17. The number of aliphatic hydroxyl groups excluding tert-OH is 10. The summed E-state index contributed by atoms with van der Waals surface area (Å²) < 4.78 is 33.6. The first-order valence-corrected chi connectivity index (χ1v) is 27.8. The van der Waals surface area contributed by atoms with Crippen molar-refractivity contribution in [2.24, 2.45) is 0 Å². The minimum atomic E-state index is -1.88. The molecule has 6 unspecified atom stereocenters. The largest absolute Gasteiger partial charge is 0.394 e. The number of hydrogen-bond donors (Lipinski definition) is 10. The summed E-state index contributed by atoms with van der Waals surface area (Å²) in [6, 6.07) is 7.52. The SMILES string of the molecule is C[SiH](C)CCC[SiH2]CCC[SiH2]CCCSCCCCO[C@@H]1O[C@@H](CO)[C@@H](O[C@@H]2OC(CO)[C@H](O[C@H]3OC(CO)[C@H](O)[C@H](O)C3O)[C@H](O)C2O)C(O)C1O. The molecular formula is C33H68O16SSi3. The van der Waals surface area contributed by atoms with Crippen molar-refractivity contribution in [3.63, 3.8) is 0 Å². The van der Waals surface area contributed by atoms with Gasteiger partial charge in [-0.15, -0.1) is 0 Å². The standard InChI is InChI=1S/C33H68O16SSi3/c1-53(2)15-7-14-52-13-6-12-51-11-5-10-50-9-4-3-8-44-31-27(42)24(39)29(20(17-35)46-31)49-33-28(43)25(40)30(21(18-36)47-33)48-32-26(41)23(38)22(37)19(16-34)45-32/h19-43,53H,3-18,51-52H2,1-2H3/t19?,20-,21?,22-,23-,24?,25+,26?,27?,28?,29+,30-,31+,32+,33-/m0/s1. The molecule has 0 spiro atoms. The van der Waals surface area contributed by atoms with E-state index in [0.29, 0.717) is 6.42 Å². The Kier molecular flexibility index (Phi) is 23.1. The zero-order valence-electron chi connectivity index (χ0n) is 31.3. The van der Waals surface area contributed by atoms with Gasteiger partial charge >= 0.3 is 0 Å². The van der Waals surface area contributed by atoms with Crippen LogP contribution in [-0.4, -0.2) is 209 Å². The summed E-state index contributed by atoms with van der Waals surface area (Å²) in [5, 5.41) is 103. The molecule has 0 amide bonds. The van der Waals surface area contributed by atoms with Gasteiger partial charge in [0.1, 0.15) is 73.2 Å². The molecular weight excluding hydrogens is 769 g/mol. The minimum absolute atomic E-state index is 0.0833. The van der Waals surface area contributed by atoms with Gasteiger partial charge in [0.15, 0.2) is 18.9 Å². The number of rotatable bonds is 25. The van der Waals surface area contributed by atoms with Crippen LogP contribution in [0.15, 0.2) is 0 Å². The van der Waals surface area contributed by atoms with Gasteiger partial charge in [0.2, 0.25) is 0 Å². The maximum Gasteiger partial charge on any atom is 0.187 e. The molecule has 0 aromatic rings. The van der Waals surface area contributed by atoms with Gasteiger partial charge in [-0.25, -0.2) is 0 Å². The van der Waals surface area contributed by atoms with Crippen molar-refractivity contribution >= 4 is 39.6 Å². The highest BCUT2D eigenvalue weighted by molar-refractivity contribution is 7.99. The van der Waals surface area contributed by atoms with Gasteiger partial charge < -0.3 is 79.5 Å². The zero-order valence-corrected chi connectivity index (χ0v) is 36.1. The molecule has 15 atom stereocenters. The third-order valence-electron chi connectivity index (χ3n) is 10.1. The molecule has 314 valence electrons. The topological polar surface area (TPSA) is 258 Å². The van der Waals surface area contributed by atoms with Crippen LogP contribution in [0.25, 0.3) is 0 Å². The highest BCUT2D eigenvalue weighted by Gasteiger charge is 2.53. The Balaban J connectivity index is 1.34. The van der Waals surface area contributed by atoms with Crippen LogP contribution < -0.4 is 0 Å². The van der Waals surface area contributed by atoms with Crippen molar-refractivity contribution < 1.29 is 79.5 Å². The van der Waals surface area contributed by atoms with Crippen LogP contribution >= 0.6 is 11.8 Å². The van der Waals surface area contributed by atoms with Gasteiger partial charge in [-0.2, -0.15) is 11.8 Å². The molecule has 3 aliphatic heterocycles. The zero-order chi connectivity index (χ0) is 38.9. The highest BCUT2D eigenvalue weighted by atomic mass is 32.2. The molecule has 0 aromatic carbocycles. The molecule has 10 N–H and O–H groups in total. The fourth-order valence-electron chi connectivity index (χ4n) is 6.78. The lowest BCUT2D eigenvalue weighted by atomic mass is 9.96. The van der Waals surface area contributed by atoms with Crippen LogP contribution in [-0.2, 0) is 28.4 Å². The third kappa shape index (κ3) is 14.9. The van der Waals surface area contributed by atoms with E-state index < -0.39 is 112 Å². The van der Waals surface area contributed by atoms with E-state index in [9.17, 15) is 51.1 Å². The van der Waals surface area contributed by atoms with E-state index >= 15 is 0 Å².